The maximum Gasteiger partial charge on any atom is 0.407 e. The summed E-state index contributed by atoms with van der Waals surface area (Å²) in [5.41, 5.74) is 4.71. The SMILES string of the molecule is C#CC(=O)[C@H](C)OC(=O)NCC1c2ccccc2-c2ccccc21. The van der Waals surface area contributed by atoms with E-state index in [0.29, 0.717) is 6.54 Å². The normalized spacial score (nSPS) is 13.3. The van der Waals surface area contributed by atoms with Gasteiger partial charge in [-0.25, -0.2) is 4.79 Å². The van der Waals surface area contributed by atoms with Gasteiger partial charge in [0.15, 0.2) is 6.10 Å². The number of carbonyl (C=O) groups is 2. The van der Waals surface area contributed by atoms with E-state index in [9.17, 15) is 9.59 Å². The van der Waals surface area contributed by atoms with Crippen molar-refractivity contribution in [2.24, 2.45) is 0 Å². The molecule has 0 aliphatic heterocycles. The van der Waals surface area contributed by atoms with Crippen LogP contribution in [-0.4, -0.2) is 24.5 Å². The monoisotopic (exact) mass is 319 g/mol. The summed E-state index contributed by atoms with van der Waals surface area (Å²) < 4.78 is 5.00. The fraction of sp³-hybridized carbons (Fsp3) is 0.200. The Morgan fingerprint density at radius 1 is 1.12 bits per heavy atom. The highest BCUT2D eigenvalue weighted by atomic mass is 16.6. The predicted octanol–water partition coefficient (Wildman–Crippen LogP) is 3.12. The highest BCUT2D eigenvalue weighted by Gasteiger charge is 2.28. The summed E-state index contributed by atoms with van der Waals surface area (Å²) in [4.78, 5) is 23.2. The topological polar surface area (TPSA) is 55.4 Å². The lowest BCUT2D eigenvalue weighted by molar-refractivity contribution is -0.120. The maximum atomic E-state index is 11.9. The Bertz CT molecular complexity index is 789. The molecule has 4 nitrogen and oxygen atoms in total. The Balaban J connectivity index is 1.73. The summed E-state index contributed by atoms with van der Waals surface area (Å²) in [5, 5.41) is 2.73. The summed E-state index contributed by atoms with van der Waals surface area (Å²) in [6.07, 6.45) is 3.43. The van der Waals surface area contributed by atoms with Gasteiger partial charge < -0.3 is 10.1 Å². The van der Waals surface area contributed by atoms with Crippen LogP contribution < -0.4 is 5.32 Å². The molecule has 0 heterocycles. The molecule has 0 saturated heterocycles. The second kappa shape index (κ2) is 6.59. The van der Waals surface area contributed by atoms with Gasteiger partial charge in [-0.1, -0.05) is 48.5 Å². The van der Waals surface area contributed by atoms with E-state index in [4.69, 9.17) is 11.2 Å². The molecule has 3 rings (SSSR count). The van der Waals surface area contributed by atoms with Gasteiger partial charge >= 0.3 is 6.09 Å². The van der Waals surface area contributed by atoms with Gasteiger partial charge in [0.05, 0.1) is 0 Å². The highest BCUT2D eigenvalue weighted by Crippen LogP contribution is 2.43. The lowest BCUT2D eigenvalue weighted by Gasteiger charge is -2.16. The standard InChI is InChI=1S/C20H17NO3/c1-3-19(22)13(2)24-20(23)21-12-18-16-10-6-4-8-14(16)15-9-5-7-11-17(15)18/h1,4-11,13,18H,12H2,2H3,(H,21,23)/t13-/m0/s1. The molecule has 0 bridgehead atoms. The van der Waals surface area contributed by atoms with Crippen LogP contribution in [0.3, 0.4) is 0 Å². The molecule has 0 radical (unpaired) electrons. The second-order valence-corrected chi connectivity index (χ2v) is 5.66. The number of Topliss-reactive ketones (excluding diaryl/α,β-unsaturated/α-hetero) is 1. The van der Waals surface area contributed by atoms with E-state index in [-0.39, 0.29) is 5.92 Å². The zero-order chi connectivity index (χ0) is 17.1. The smallest absolute Gasteiger partial charge is 0.407 e. The van der Waals surface area contributed by atoms with Crippen molar-refractivity contribution in [1.29, 1.82) is 0 Å². The van der Waals surface area contributed by atoms with Gasteiger partial charge in [0.1, 0.15) is 0 Å². The van der Waals surface area contributed by atoms with E-state index in [1.807, 2.05) is 30.2 Å². The van der Waals surface area contributed by atoms with Crippen LogP contribution in [0.25, 0.3) is 11.1 Å². The average molecular weight is 319 g/mol. The van der Waals surface area contributed by atoms with Crippen LogP contribution in [0.2, 0.25) is 0 Å². The van der Waals surface area contributed by atoms with Gasteiger partial charge in [-0.15, -0.1) is 6.42 Å². The molecule has 2 aromatic carbocycles. The minimum absolute atomic E-state index is 0.0589. The van der Waals surface area contributed by atoms with Crippen LogP contribution in [0, 0.1) is 12.3 Å². The summed E-state index contributed by atoms with van der Waals surface area (Å²) in [6.45, 7) is 1.85. The van der Waals surface area contributed by atoms with Crippen LogP contribution in [0.5, 0.6) is 0 Å². The first kappa shape index (κ1) is 15.8. The molecule has 4 heteroatoms. The Hall–Kier alpha value is -3.06. The van der Waals surface area contributed by atoms with Crippen molar-refractivity contribution in [3.8, 4) is 23.5 Å². The number of hydrogen-bond donors (Lipinski definition) is 1. The fourth-order valence-electron chi connectivity index (χ4n) is 3.04. The predicted molar refractivity (Wildman–Crippen MR) is 91.5 cm³/mol. The third kappa shape index (κ3) is 2.89. The summed E-state index contributed by atoms with van der Waals surface area (Å²) >= 11 is 0. The van der Waals surface area contributed by atoms with Gasteiger partial charge in [0.2, 0.25) is 5.78 Å². The van der Waals surface area contributed by atoms with Crippen molar-refractivity contribution in [2.45, 2.75) is 18.9 Å². The van der Waals surface area contributed by atoms with Gasteiger partial charge in [-0.2, -0.15) is 0 Å². The van der Waals surface area contributed by atoms with Crippen LogP contribution in [0.1, 0.15) is 24.0 Å². The molecular weight excluding hydrogens is 302 g/mol. The molecular formula is C20H17NO3. The third-order valence-corrected chi connectivity index (χ3v) is 4.21. The Morgan fingerprint density at radius 3 is 2.21 bits per heavy atom. The molecule has 0 spiro atoms. The average Bonchev–Trinajstić information content (AvgIpc) is 2.93. The number of benzene rings is 2. The number of alkyl carbamates (subject to hydrolysis) is 1. The quantitative estimate of drug-likeness (QED) is 0.696. The van der Waals surface area contributed by atoms with Gasteiger partial charge in [0.25, 0.3) is 0 Å². The van der Waals surface area contributed by atoms with Crippen molar-refractivity contribution in [3.63, 3.8) is 0 Å². The summed E-state index contributed by atoms with van der Waals surface area (Å²) in [6, 6.07) is 16.3. The minimum Gasteiger partial charge on any atom is -0.437 e. The number of amides is 1. The Morgan fingerprint density at radius 2 is 1.67 bits per heavy atom. The first-order valence-electron chi connectivity index (χ1n) is 7.75. The largest absolute Gasteiger partial charge is 0.437 e. The van der Waals surface area contributed by atoms with Crippen LogP contribution in [0.4, 0.5) is 4.79 Å². The number of ketones is 1. The van der Waals surface area contributed by atoms with Crippen LogP contribution in [0.15, 0.2) is 48.5 Å². The van der Waals surface area contributed by atoms with Crippen molar-refractivity contribution in [2.75, 3.05) is 6.54 Å². The molecule has 0 fully saturated rings. The molecule has 0 saturated carbocycles. The van der Waals surface area contributed by atoms with E-state index in [1.54, 1.807) is 0 Å². The van der Waals surface area contributed by atoms with E-state index < -0.39 is 18.0 Å². The molecule has 2 aromatic rings. The van der Waals surface area contributed by atoms with Crippen molar-refractivity contribution in [3.05, 3.63) is 59.7 Å². The van der Waals surface area contributed by atoms with Crippen LogP contribution in [-0.2, 0) is 9.53 Å². The number of fused-ring (bicyclic) bond motifs is 3. The summed E-state index contributed by atoms with van der Waals surface area (Å²) in [7, 11) is 0. The molecule has 24 heavy (non-hydrogen) atoms. The summed E-state index contributed by atoms with van der Waals surface area (Å²) in [5.74, 6) is 1.45. The van der Waals surface area contributed by atoms with E-state index in [0.717, 1.165) is 0 Å². The molecule has 1 aliphatic rings. The van der Waals surface area contributed by atoms with Crippen LogP contribution >= 0.6 is 0 Å². The molecule has 1 N–H and O–H groups in total. The number of nitrogens with one attached hydrogen (secondary N) is 1. The molecule has 1 amide bonds. The lowest BCUT2D eigenvalue weighted by atomic mass is 9.97. The molecule has 1 aliphatic carbocycles. The Labute approximate surface area is 140 Å². The van der Waals surface area contributed by atoms with Crippen molar-refractivity contribution in [1.82, 2.24) is 5.32 Å². The highest BCUT2D eigenvalue weighted by molar-refractivity contribution is 5.99. The second-order valence-electron chi connectivity index (χ2n) is 5.66. The maximum absolute atomic E-state index is 11.9. The van der Waals surface area contributed by atoms with Gasteiger partial charge in [-0.3, -0.25) is 4.79 Å². The zero-order valence-corrected chi connectivity index (χ0v) is 13.3. The number of ether oxygens (including phenoxy) is 1. The number of rotatable bonds is 4. The number of carbonyl (C=O) groups excluding carboxylic acids is 2. The molecule has 0 aromatic heterocycles. The van der Waals surface area contributed by atoms with E-state index in [1.165, 1.54) is 29.2 Å². The molecule has 120 valence electrons. The van der Waals surface area contributed by atoms with E-state index >= 15 is 0 Å². The first-order chi connectivity index (χ1) is 11.6. The van der Waals surface area contributed by atoms with Gasteiger partial charge in [0, 0.05) is 12.5 Å². The molecule has 0 unspecified atom stereocenters. The number of terminal acetylenes is 1. The Kier molecular flexibility index (Phi) is 4.35. The van der Waals surface area contributed by atoms with Crippen molar-refractivity contribution >= 4 is 11.9 Å². The lowest BCUT2D eigenvalue weighted by Crippen LogP contribution is -2.33. The third-order valence-electron chi connectivity index (χ3n) is 4.21. The molecule has 1 atom stereocenters. The minimum atomic E-state index is -0.946. The first-order valence-corrected chi connectivity index (χ1v) is 7.75. The van der Waals surface area contributed by atoms with Crippen molar-refractivity contribution < 1.29 is 14.3 Å². The van der Waals surface area contributed by atoms with E-state index in [2.05, 4.69) is 29.6 Å². The van der Waals surface area contributed by atoms with Gasteiger partial charge in [-0.05, 0) is 35.1 Å². The fourth-order valence-corrected chi connectivity index (χ4v) is 3.04. The number of hydrogen-bond acceptors (Lipinski definition) is 3. The zero-order valence-electron chi connectivity index (χ0n) is 13.3.